The molecule has 0 bridgehead atoms. The molecular weight excluding hydrogens is 457 g/mol. The number of halogens is 2. The number of hydrogen-bond acceptors (Lipinski definition) is 5. The molecule has 0 amide bonds. The second-order valence-electron chi connectivity index (χ2n) is 7.81. The summed E-state index contributed by atoms with van der Waals surface area (Å²) in [7, 11) is 1.71. The van der Waals surface area contributed by atoms with Gasteiger partial charge in [0.2, 0.25) is 0 Å². The Morgan fingerprint density at radius 1 is 0.939 bits per heavy atom. The van der Waals surface area contributed by atoms with Gasteiger partial charge in [0.25, 0.3) is 0 Å². The van der Waals surface area contributed by atoms with Gasteiger partial charge < -0.3 is 19.7 Å². The van der Waals surface area contributed by atoms with Crippen molar-refractivity contribution in [2.24, 2.45) is 0 Å². The summed E-state index contributed by atoms with van der Waals surface area (Å²) in [5.74, 6) is 1.77. The zero-order valence-electron chi connectivity index (χ0n) is 19.2. The molecule has 33 heavy (non-hydrogen) atoms. The quantitative estimate of drug-likeness (QED) is 0.435. The molecule has 0 saturated carbocycles. The summed E-state index contributed by atoms with van der Waals surface area (Å²) in [6, 6.07) is 21.4. The number of anilines is 1. The first-order chi connectivity index (χ1) is 15.3. The van der Waals surface area contributed by atoms with Crippen LogP contribution in [0, 0.1) is 0 Å². The number of nitrogens with one attached hydrogen (secondary N) is 1. The van der Waals surface area contributed by atoms with Crippen LogP contribution in [-0.4, -0.2) is 37.8 Å². The summed E-state index contributed by atoms with van der Waals surface area (Å²) >= 11 is 0. The largest absolute Gasteiger partial charge is 0.497 e. The topological polar surface area (TPSA) is 46.6 Å². The fourth-order valence-electron chi connectivity index (χ4n) is 4.14. The van der Waals surface area contributed by atoms with E-state index in [4.69, 9.17) is 9.47 Å². The monoisotopic (exact) mass is 489 g/mol. The third-order valence-corrected chi connectivity index (χ3v) is 5.79. The summed E-state index contributed by atoms with van der Waals surface area (Å²) in [4.78, 5) is 7.14. The normalized spacial score (nSPS) is 13.4. The van der Waals surface area contributed by atoms with Crippen LogP contribution in [-0.2, 0) is 6.54 Å². The summed E-state index contributed by atoms with van der Waals surface area (Å²) in [6.07, 6.45) is 4.20. The highest BCUT2D eigenvalue weighted by molar-refractivity contribution is 5.85. The second-order valence-corrected chi connectivity index (χ2v) is 7.81. The summed E-state index contributed by atoms with van der Waals surface area (Å²) < 4.78 is 10.9. The molecule has 0 aliphatic carbocycles. The minimum atomic E-state index is 0. The highest BCUT2D eigenvalue weighted by atomic mass is 35.5. The van der Waals surface area contributed by atoms with Gasteiger partial charge in [0.15, 0.2) is 0 Å². The predicted octanol–water partition coefficient (Wildman–Crippen LogP) is 5.76. The maximum atomic E-state index is 5.56. The minimum absolute atomic E-state index is 0. The van der Waals surface area contributed by atoms with Gasteiger partial charge in [0.05, 0.1) is 19.4 Å². The zero-order valence-corrected chi connectivity index (χ0v) is 20.8. The van der Waals surface area contributed by atoms with Crippen molar-refractivity contribution in [1.29, 1.82) is 0 Å². The van der Waals surface area contributed by atoms with Gasteiger partial charge in [-0.1, -0.05) is 0 Å². The fraction of sp³-hybridized carbons (Fsp3) is 0.346. The molecule has 0 atom stereocenters. The zero-order chi connectivity index (χ0) is 21.5. The lowest BCUT2D eigenvalue weighted by atomic mass is 10.0. The van der Waals surface area contributed by atoms with Gasteiger partial charge in [-0.05, 0) is 99.1 Å². The van der Waals surface area contributed by atoms with E-state index in [1.807, 2.05) is 37.4 Å². The Morgan fingerprint density at radius 2 is 1.61 bits per heavy atom. The molecule has 0 spiro atoms. The van der Waals surface area contributed by atoms with Crippen molar-refractivity contribution in [2.45, 2.75) is 32.4 Å². The average molecular weight is 490 g/mol. The Labute approximate surface area is 209 Å². The number of aromatic nitrogens is 1. The van der Waals surface area contributed by atoms with Crippen molar-refractivity contribution in [3.05, 3.63) is 72.4 Å². The van der Waals surface area contributed by atoms with E-state index in [0.29, 0.717) is 12.6 Å². The lowest BCUT2D eigenvalue weighted by Gasteiger charge is -2.36. The molecule has 2 heterocycles. The van der Waals surface area contributed by atoms with Crippen molar-refractivity contribution in [2.75, 3.05) is 31.7 Å². The van der Waals surface area contributed by atoms with E-state index >= 15 is 0 Å². The number of ether oxygens (including phenoxy) is 2. The second kappa shape index (κ2) is 13.3. The third-order valence-electron chi connectivity index (χ3n) is 5.79. The average Bonchev–Trinajstić information content (AvgIpc) is 2.84. The molecule has 5 nitrogen and oxygen atoms in total. The Morgan fingerprint density at radius 3 is 2.24 bits per heavy atom. The van der Waals surface area contributed by atoms with E-state index < -0.39 is 0 Å². The lowest BCUT2D eigenvalue weighted by molar-refractivity contribution is 0.340. The number of nitrogens with zero attached hydrogens (tertiary/aromatic N) is 2. The van der Waals surface area contributed by atoms with E-state index in [1.165, 1.54) is 11.3 Å². The van der Waals surface area contributed by atoms with Crippen LogP contribution in [0.3, 0.4) is 0 Å². The van der Waals surface area contributed by atoms with Crippen LogP contribution in [0.1, 0.15) is 25.3 Å². The van der Waals surface area contributed by atoms with Crippen molar-refractivity contribution in [3.63, 3.8) is 0 Å². The molecule has 178 valence electrons. The smallest absolute Gasteiger partial charge is 0.119 e. The minimum Gasteiger partial charge on any atom is -0.497 e. The van der Waals surface area contributed by atoms with Gasteiger partial charge in [-0.15, -0.1) is 24.8 Å². The van der Waals surface area contributed by atoms with Gasteiger partial charge in [0, 0.05) is 30.0 Å². The molecule has 1 fully saturated rings. The van der Waals surface area contributed by atoms with Crippen LogP contribution in [0.2, 0.25) is 0 Å². The van der Waals surface area contributed by atoms with Gasteiger partial charge in [0.1, 0.15) is 11.5 Å². The van der Waals surface area contributed by atoms with Gasteiger partial charge >= 0.3 is 0 Å². The van der Waals surface area contributed by atoms with Gasteiger partial charge in [-0.25, -0.2) is 0 Å². The number of benzene rings is 2. The SMILES string of the molecule is CCOc1ccc(-c2cc(CN(c3ccc(OC)cc3)C3CCNCC3)ccn2)cc1.Cl.Cl. The molecule has 4 rings (SSSR count). The number of rotatable bonds is 8. The van der Waals surface area contributed by atoms with E-state index in [2.05, 4.69) is 51.6 Å². The molecule has 1 N–H and O–H groups in total. The molecule has 1 saturated heterocycles. The van der Waals surface area contributed by atoms with Crippen molar-refractivity contribution in [3.8, 4) is 22.8 Å². The van der Waals surface area contributed by atoms with Crippen LogP contribution >= 0.6 is 24.8 Å². The van der Waals surface area contributed by atoms with Gasteiger partial charge in [-0.2, -0.15) is 0 Å². The molecule has 0 radical (unpaired) electrons. The highest BCUT2D eigenvalue weighted by Gasteiger charge is 2.22. The predicted molar refractivity (Wildman–Crippen MR) is 140 cm³/mol. The number of methoxy groups -OCH3 is 1. The Bertz CT molecular complexity index is 962. The van der Waals surface area contributed by atoms with Crippen LogP contribution in [0.25, 0.3) is 11.3 Å². The van der Waals surface area contributed by atoms with E-state index in [1.54, 1.807) is 7.11 Å². The van der Waals surface area contributed by atoms with Crippen LogP contribution in [0.4, 0.5) is 5.69 Å². The molecule has 2 aromatic carbocycles. The summed E-state index contributed by atoms with van der Waals surface area (Å²) in [5, 5.41) is 3.48. The first kappa shape index (κ1) is 26.8. The highest BCUT2D eigenvalue weighted by Crippen LogP contribution is 2.28. The van der Waals surface area contributed by atoms with Crippen LogP contribution in [0.15, 0.2) is 66.9 Å². The van der Waals surface area contributed by atoms with Crippen molar-refractivity contribution in [1.82, 2.24) is 10.3 Å². The molecule has 0 unspecified atom stereocenters. The number of pyridine rings is 1. The van der Waals surface area contributed by atoms with E-state index in [-0.39, 0.29) is 24.8 Å². The first-order valence-electron chi connectivity index (χ1n) is 11.1. The lowest BCUT2D eigenvalue weighted by Crippen LogP contribution is -2.43. The van der Waals surface area contributed by atoms with Gasteiger partial charge in [-0.3, -0.25) is 4.98 Å². The molecule has 1 aliphatic rings. The fourth-order valence-corrected chi connectivity index (χ4v) is 4.14. The first-order valence-corrected chi connectivity index (χ1v) is 11.1. The molecular formula is C26H33Cl2N3O2. The van der Waals surface area contributed by atoms with E-state index in [9.17, 15) is 0 Å². The molecule has 1 aromatic heterocycles. The molecule has 3 aromatic rings. The van der Waals surface area contributed by atoms with Crippen LogP contribution < -0.4 is 19.7 Å². The Hall–Kier alpha value is -2.47. The maximum Gasteiger partial charge on any atom is 0.119 e. The Balaban J connectivity index is 0.00000193. The Kier molecular flexibility index (Phi) is 10.8. The van der Waals surface area contributed by atoms with Crippen molar-refractivity contribution < 1.29 is 9.47 Å². The summed E-state index contributed by atoms with van der Waals surface area (Å²) in [5.41, 5.74) is 4.57. The summed E-state index contributed by atoms with van der Waals surface area (Å²) in [6.45, 7) is 5.64. The standard InChI is InChI=1S/C26H31N3O2.2ClH/c1-3-31-25-8-4-21(5-9-25)26-18-20(12-17-28-26)19-29(23-13-15-27-16-14-23)22-6-10-24(30-2)11-7-22;;/h4-12,17-18,23,27H,3,13-16,19H2,1-2H3;2*1H. The molecule has 1 aliphatic heterocycles. The molecule has 7 heteroatoms. The van der Waals surface area contributed by atoms with Crippen LogP contribution in [0.5, 0.6) is 11.5 Å². The third kappa shape index (κ3) is 7.00. The number of piperidine rings is 1. The maximum absolute atomic E-state index is 5.56. The van der Waals surface area contributed by atoms with E-state index in [0.717, 1.165) is 55.2 Å². The van der Waals surface area contributed by atoms with Crippen molar-refractivity contribution >= 4 is 30.5 Å². The number of hydrogen-bond donors (Lipinski definition) is 1.